The minimum atomic E-state index is -3.65. The van der Waals surface area contributed by atoms with Crippen molar-refractivity contribution in [1.29, 1.82) is 0 Å². The topological polar surface area (TPSA) is 159 Å². The summed E-state index contributed by atoms with van der Waals surface area (Å²) in [5.41, 5.74) is 2.56. The van der Waals surface area contributed by atoms with Gasteiger partial charge in [-0.05, 0) is 44.7 Å². The molecule has 2 fully saturated rings. The SMILES string of the molecule is CC(C)OC(=O)[C@H](C)NP(=S)(Oc1ccccc1)OC1[C@@]2(CCl)O[C@@H](n3cnc4c(N(C)C)nc(N)nc43)[C@@H](F)[C@@]12O. The molecule has 1 aromatic carbocycles. The number of anilines is 2. The molecule has 17 heteroatoms. The van der Waals surface area contributed by atoms with Gasteiger partial charge in [0, 0.05) is 14.1 Å². The molecule has 0 spiro atoms. The smallest absolute Gasteiger partial charge is 0.323 e. The fourth-order valence-corrected chi connectivity index (χ4v) is 8.11. The molecule has 42 heavy (non-hydrogen) atoms. The molecular weight excluding hydrogens is 612 g/mol. The van der Waals surface area contributed by atoms with Crippen molar-refractivity contribution in [3.63, 3.8) is 0 Å². The van der Waals surface area contributed by atoms with Crippen LogP contribution in [-0.4, -0.2) is 86.2 Å². The zero-order chi connectivity index (χ0) is 30.6. The van der Waals surface area contributed by atoms with Crippen molar-refractivity contribution in [2.24, 2.45) is 0 Å². The highest BCUT2D eigenvalue weighted by atomic mass is 35.5. The summed E-state index contributed by atoms with van der Waals surface area (Å²) in [4.78, 5) is 27.0. The first-order chi connectivity index (χ1) is 19.8. The Morgan fingerprint density at radius 1 is 1.33 bits per heavy atom. The molecule has 1 saturated heterocycles. The van der Waals surface area contributed by atoms with Crippen LogP contribution in [0.3, 0.4) is 0 Å². The van der Waals surface area contributed by atoms with Gasteiger partial charge in [0.25, 0.3) is 0 Å². The standard InChI is InChI=1S/C25H32ClFN7O6PS/c1-13(2)37-21(35)14(3)32-41(42,39-15-9-7-6-8-10-15)40-22-24(11-26)25(22,36)17(27)20(38-24)34-12-29-16-18(33(4)5)30-23(28)31-19(16)34/h6-10,12-14,17,20,22,36H,11H2,1-5H3,(H,32,42)(H2,28,30,31)/t14-,17+,20+,22?,24+,25+,41?/m0/s1. The first-order valence-electron chi connectivity index (χ1n) is 13.0. The molecule has 4 N–H and O–H groups in total. The van der Waals surface area contributed by atoms with E-state index in [1.807, 2.05) is 0 Å². The van der Waals surface area contributed by atoms with Crippen LogP contribution in [0.1, 0.15) is 27.0 Å². The maximum absolute atomic E-state index is 16.3. The molecule has 0 radical (unpaired) electrons. The number of benzene rings is 1. The van der Waals surface area contributed by atoms with E-state index in [2.05, 4.69) is 20.0 Å². The van der Waals surface area contributed by atoms with Gasteiger partial charge in [-0.1, -0.05) is 18.2 Å². The molecule has 5 rings (SSSR count). The number of aromatic nitrogens is 4. The second-order valence-corrected chi connectivity index (χ2v) is 14.0. The molecule has 0 bridgehead atoms. The van der Waals surface area contributed by atoms with Crippen molar-refractivity contribution in [2.75, 3.05) is 30.6 Å². The van der Waals surface area contributed by atoms with E-state index in [0.29, 0.717) is 17.1 Å². The molecule has 1 aliphatic heterocycles. The number of nitrogens with two attached hydrogens (primary N) is 1. The lowest BCUT2D eigenvalue weighted by Crippen LogP contribution is -2.38. The number of aliphatic hydroxyl groups is 1. The van der Waals surface area contributed by atoms with Crippen LogP contribution in [0.25, 0.3) is 11.2 Å². The molecule has 3 heterocycles. The van der Waals surface area contributed by atoms with Crippen molar-refractivity contribution in [3.05, 3.63) is 36.7 Å². The maximum Gasteiger partial charge on any atom is 0.323 e. The van der Waals surface area contributed by atoms with Crippen molar-refractivity contribution in [1.82, 2.24) is 24.6 Å². The van der Waals surface area contributed by atoms with Crippen LogP contribution in [-0.2, 0) is 30.6 Å². The van der Waals surface area contributed by atoms with E-state index >= 15 is 4.39 Å². The number of carbonyl (C=O) groups excluding carboxylic acids is 1. The summed E-state index contributed by atoms with van der Waals surface area (Å²) < 4.78 is 41.2. The van der Waals surface area contributed by atoms with Gasteiger partial charge in [0.1, 0.15) is 23.5 Å². The predicted molar refractivity (Wildman–Crippen MR) is 158 cm³/mol. The average Bonchev–Trinajstić information content (AvgIpc) is 3.16. The third kappa shape index (κ3) is 5.10. The summed E-state index contributed by atoms with van der Waals surface area (Å²) in [7, 11) is 3.51. The lowest BCUT2D eigenvalue weighted by molar-refractivity contribution is -0.149. The van der Waals surface area contributed by atoms with Crippen LogP contribution in [0.4, 0.5) is 16.2 Å². The fourth-order valence-electron chi connectivity index (χ4n) is 4.96. The van der Waals surface area contributed by atoms with Gasteiger partial charge in [-0.25, -0.2) is 14.5 Å². The minimum absolute atomic E-state index is 0.0477. The Hall–Kier alpha value is -2.65. The molecule has 3 aromatic rings. The lowest BCUT2D eigenvalue weighted by atomic mass is 10.1. The Morgan fingerprint density at radius 2 is 2.02 bits per heavy atom. The third-order valence-electron chi connectivity index (χ3n) is 7.01. The highest BCUT2D eigenvalue weighted by Gasteiger charge is 2.89. The van der Waals surface area contributed by atoms with Crippen LogP contribution in [0.5, 0.6) is 5.75 Å². The Bertz CT molecular complexity index is 1530. The molecule has 2 unspecified atom stereocenters. The zero-order valence-electron chi connectivity index (χ0n) is 23.5. The summed E-state index contributed by atoms with van der Waals surface area (Å²) in [5, 5.41) is 14.6. The number of hydrogen-bond acceptors (Lipinski definition) is 12. The second kappa shape index (κ2) is 11.1. The van der Waals surface area contributed by atoms with Crippen molar-refractivity contribution < 1.29 is 32.8 Å². The van der Waals surface area contributed by atoms with Crippen LogP contribution < -0.4 is 20.2 Å². The highest BCUT2D eigenvalue weighted by molar-refractivity contribution is 8.09. The van der Waals surface area contributed by atoms with Gasteiger partial charge in [-0.15, -0.1) is 11.6 Å². The van der Waals surface area contributed by atoms with E-state index in [9.17, 15) is 9.90 Å². The first kappa shape index (κ1) is 30.8. The molecule has 1 aliphatic carbocycles. The molecule has 1 saturated carbocycles. The van der Waals surface area contributed by atoms with E-state index in [1.165, 1.54) is 17.8 Å². The summed E-state index contributed by atoms with van der Waals surface area (Å²) in [6.45, 7) is 1.30. The van der Waals surface area contributed by atoms with E-state index in [1.54, 1.807) is 63.2 Å². The average molecular weight is 644 g/mol. The fraction of sp³-hybridized carbons (Fsp3) is 0.520. The number of carbonyl (C=O) groups is 1. The van der Waals surface area contributed by atoms with Gasteiger partial charge >= 0.3 is 12.6 Å². The van der Waals surface area contributed by atoms with E-state index < -0.39 is 48.4 Å². The third-order valence-corrected chi connectivity index (χ3v) is 9.84. The lowest BCUT2D eigenvalue weighted by Gasteiger charge is -2.29. The largest absolute Gasteiger partial charge is 0.462 e. The number of hydrogen-bond donors (Lipinski definition) is 3. The van der Waals surface area contributed by atoms with E-state index in [4.69, 9.17) is 47.7 Å². The number of fused-ring (bicyclic) bond motifs is 2. The number of nitrogens with one attached hydrogen (secondary N) is 1. The second-order valence-electron chi connectivity index (χ2n) is 10.6. The number of imidazole rings is 1. The Labute approximate surface area is 251 Å². The molecule has 13 nitrogen and oxygen atoms in total. The van der Waals surface area contributed by atoms with E-state index in [0.717, 1.165) is 0 Å². The van der Waals surface area contributed by atoms with Crippen molar-refractivity contribution >= 4 is 58.9 Å². The monoisotopic (exact) mass is 643 g/mol. The minimum Gasteiger partial charge on any atom is -0.462 e. The molecular formula is C25H32ClFN7O6PS. The number of nitrogen functional groups attached to an aromatic ring is 1. The number of esters is 1. The number of alkyl halides is 2. The van der Waals surface area contributed by atoms with Gasteiger partial charge in [0.2, 0.25) is 5.95 Å². The number of rotatable bonds is 11. The normalized spacial score (nSPS) is 28.7. The Balaban J connectivity index is 1.44. The van der Waals surface area contributed by atoms with Gasteiger partial charge in [0.15, 0.2) is 35.0 Å². The number of halogens is 2. The van der Waals surface area contributed by atoms with Crippen molar-refractivity contribution in [2.45, 2.75) is 62.6 Å². The van der Waals surface area contributed by atoms with Gasteiger partial charge in [-0.2, -0.15) is 9.97 Å². The van der Waals surface area contributed by atoms with Crippen LogP contribution in [0, 0.1) is 0 Å². The molecule has 2 aromatic heterocycles. The Morgan fingerprint density at radius 3 is 2.62 bits per heavy atom. The summed E-state index contributed by atoms with van der Waals surface area (Å²) in [6, 6.07) is 7.57. The van der Waals surface area contributed by atoms with Crippen molar-refractivity contribution in [3.8, 4) is 5.75 Å². The van der Waals surface area contributed by atoms with E-state index in [-0.39, 0.29) is 23.6 Å². The maximum atomic E-state index is 16.3. The van der Waals surface area contributed by atoms with Gasteiger partial charge in [0.05, 0.1) is 18.3 Å². The molecule has 7 atom stereocenters. The summed E-state index contributed by atoms with van der Waals surface area (Å²) in [5.74, 6) is -0.218. The zero-order valence-corrected chi connectivity index (χ0v) is 25.9. The molecule has 2 aliphatic rings. The number of ether oxygens (including phenoxy) is 2. The number of para-hydroxylation sites is 1. The van der Waals surface area contributed by atoms with Crippen LogP contribution >= 0.6 is 18.2 Å². The number of nitrogens with zero attached hydrogens (tertiary/aromatic N) is 5. The molecule has 228 valence electrons. The highest BCUT2D eigenvalue weighted by Crippen LogP contribution is 2.69. The van der Waals surface area contributed by atoms with Gasteiger partial charge in [-0.3, -0.25) is 13.9 Å². The molecule has 0 amide bonds. The van der Waals surface area contributed by atoms with Crippen LogP contribution in [0.2, 0.25) is 0 Å². The Kier molecular flexibility index (Phi) is 8.16. The summed E-state index contributed by atoms with van der Waals surface area (Å²) in [6.07, 6.45) is -3.80. The van der Waals surface area contributed by atoms with Gasteiger partial charge < -0.3 is 29.7 Å². The predicted octanol–water partition coefficient (Wildman–Crippen LogP) is 2.68. The summed E-state index contributed by atoms with van der Waals surface area (Å²) >= 11 is 12.1. The first-order valence-corrected chi connectivity index (χ1v) is 16.2. The van der Waals surface area contributed by atoms with Crippen LogP contribution in [0.15, 0.2) is 36.7 Å². The quantitative estimate of drug-likeness (QED) is 0.159.